The quantitative estimate of drug-likeness (QED) is 0.466. The molecule has 1 saturated carbocycles. The van der Waals surface area contributed by atoms with E-state index >= 15 is 0 Å². The van der Waals surface area contributed by atoms with Crippen LogP contribution < -0.4 is 4.74 Å². The van der Waals surface area contributed by atoms with Crippen LogP contribution in [0.4, 0.5) is 0 Å². The number of unbranched alkanes of at least 4 members (excludes halogenated alkanes) is 2. The molecule has 1 aromatic rings. The van der Waals surface area contributed by atoms with Crippen LogP contribution in [0.5, 0.6) is 11.5 Å². The molecule has 4 atom stereocenters. The number of hydrogen-bond donors (Lipinski definition) is 1. The minimum atomic E-state index is -0.343. The van der Waals surface area contributed by atoms with Gasteiger partial charge in [0.1, 0.15) is 23.2 Å². The van der Waals surface area contributed by atoms with E-state index in [1.54, 1.807) is 6.07 Å². The summed E-state index contributed by atoms with van der Waals surface area (Å²) in [5.74, 6) is 0.982. The highest BCUT2D eigenvalue weighted by atomic mass is 16.5. The smallest absolute Gasteiger partial charge is 0.342 e. The van der Waals surface area contributed by atoms with Gasteiger partial charge in [-0.3, -0.25) is 0 Å². The molecule has 3 aliphatic rings. The lowest BCUT2D eigenvalue weighted by atomic mass is 9.88. The highest BCUT2D eigenvalue weighted by Gasteiger charge is 2.42. The fraction of sp³-hybridized carbons (Fsp3) is 0.720. The number of carbonyl (C=O) groups excluding carboxylic acids is 1. The van der Waals surface area contributed by atoms with E-state index in [9.17, 15) is 9.90 Å². The van der Waals surface area contributed by atoms with Crippen molar-refractivity contribution in [3.8, 4) is 11.5 Å². The molecule has 4 unspecified atom stereocenters. The zero-order valence-electron chi connectivity index (χ0n) is 18.5. The van der Waals surface area contributed by atoms with Crippen molar-refractivity contribution in [2.75, 3.05) is 7.11 Å². The summed E-state index contributed by atoms with van der Waals surface area (Å²) in [5.41, 5.74) is 1.47. The molecule has 5 nitrogen and oxygen atoms in total. The molecule has 1 aliphatic carbocycles. The molecule has 1 N–H and O–H groups in total. The Labute approximate surface area is 180 Å². The van der Waals surface area contributed by atoms with Crippen molar-refractivity contribution in [2.24, 2.45) is 5.92 Å². The number of rotatable bonds is 7. The number of benzene rings is 1. The van der Waals surface area contributed by atoms with Gasteiger partial charge in [0.2, 0.25) is 0 Å². The number of hydrogen-bond acceptors (Lipinski definition) is 5. The van der Waals surface area contributed by atoms with Crippen LogP contribution >= 0.6 is 0 Å². The summed E-state index contributed by atoms with van der Waals surface area (Å²) in [6, 6.07) is 3.12. The van der Waals surface area contributed by atoms with Gasteiger partial charge in [0.15, 0.2) is 0 Å². The van der Waals surface area contributed by atoms with Crippen LogP contribution in [0.15, 0.2) is 12.1 Å². The lowest BCUT2D eigenvalue weighted by Gasteiger charge is -2.39. The van der Waals surface area contributed by atoms with E-state index in [0.29, 0.717) is 23.8 Å². The Bertz CT molecular complexity index is 756. The maximum atomic E-state index is 12.4. The standard InChI is InChI=1S/C25H36O5/c1-17-10-12-25(16-17)11-6-9-20(30-25)7-4-3-5-8-21-14-18-13-19(26)15-22(28-2)23(18)24(27)29-21/h13,15,17,20-21,26H,3-12,14,16H2,1-2H3. The third-order valence-electron chi connectivity index (χ3n) is 7.25. The van der Waals surface area contributed by atoms with Gasteiger partial charge in [-0.15, -0.1) is 0 Å². The predicted octanol–water partition coefficient (Wildman–Crippen LogP) is 5.56. The van der Waals surface area contributed by atoms with Crippen molar-refractivity contribution in [2.45, 2.75) is 102 Å². The molecule has 5 heteroatoms. The van der Waals surface area contributed by atoms with Gasteiger partial charge in [0.05, 0.1) is 18.8 Å². The molecule has 1 aromatic carbocycles. The Morgan fingerprint density at radius 1 is 1.13 bits per heavy atom. The average Bonchev–Trinajstić information content (AvgIpc) is 3.06. The number of esters is 1. The van der Waals surface area contributed by atoms with E-state index in [1.807, 2.05) is 0 Å². The van der Waals surface area contributed by atoms with Gasteiger partial charge >= 0.3 is 5.97 Å². The maximum Gasteiger partial charge on any atom is 0.342 e. The summed E-state index contributed by atoms with van der Waals surface area (Å²) in [6.45, 7) is 2.36. The second kappa shape index (κ2) is 9.17. The summed E-state index contributed by atoms with van der Waals surface area (Å²) in [7, 11) is 1.50. The molecule has 0 radical (unpaired) electrons. The van der Waals surface area contributed by atoms with Gasteiger partial charge in [0, 0.05) is 12.5 Å². The Kier molecular flexibility index (Phi) is 6.57. The van der Waals surface area contributed by atoms with Crippen molar-refractivity contribution >= 4 is 5.97 Å². The Morgan fingerprint density at radius 2 is 1.93 bits per heavy atom. The molecule has 2 fully saturated rings. The van der Waals surface area contributed by atoms with E-state index in [1.165, 1.54) is 58.1 Å². The summed E-state index contributed by atoms with van der Waals surface area (Å²) < 4.78 is 17.5. The lowest BCUT2D eigenvalue weighted by molar-refractivity contribution is -0.128. The first-order chi connectivity index (χ1) is 14.5. The van der Waals surface area contributed by atoms with Crippen molar-refractivity contribution in [1.82, 2.24) is 0 Å². The first-order valence-corrected chi connectivity index (χ1v) is 11.8. The van der Waals surface area contributed by atoms with E-state index in [0.717, 1.165) is 37.2 Å². The normalized spacial score (nSPS) is 30.9. The predicted molar refractivity (Wildman–Crippen MR) is 115 cm³/mol. The zero-order chi connectivity index (χ0) is 21.1. The fourth-order valence-corrected chi connectivity index (χ4v) is 5.80. The van der Waals surface area contributed by atoms with Gasteiger partial charge in [0.25, 0.3) is 0 Å². The van der Waals surface area contributed by atoms with Crippen molar-refractivity contribution in [3.63, 3.8) is 0 Å². The van der Waals surface area contributed by atoms with E-state index in [-0.39, 0.29) is 23.4 Å². The SMILES string of the molecule is COc1cc(O)cc2c1C(=O)OC(CCCCCC1CCCC3(CCC(C)C3)O1)C2. The second-order valence-electron chi connectivity index (χ2n) is 9.71. The highest BCUT2D eigenvalue weighted by molar-refractivity contribution is 5.95. The van der Waals surface area contributed by atoms with Crippen LogP contribution in [0.2, 0.25) is 0 Å². The molecule has 4 rings (SSSR count). The topological polar surface area (TPSA) is 65.0 Å². The number of cyclic esters (lactones) is 1. The second-order valence-corrected chi connectivity index (χ2v) is 9.71. The largest absolute Gasteiger partial charge is 0.508 e. The monoisotopic (exact) mass is 416 g/mol. The van der Waals surface area contributed by atoms with Gasteiger partial charge in [-0.1, -0.05) is 19.8 Å². The first kappa shape index (κ1) is 21.5. The summed E-state index contributed by atoms with van der Waals surface area (Å²) >= 11 is 0. The summed E-state index contributed by atoms with van der Waals surface area (Å²) in [4.78, 5) is 12.4. The molecule has 30 heavy (non-hydrogen) atoms. The number of fused-ring (bicyclic) bond motifs is 1. The van der Waals surface area contributed by atoms with Gasteiger partial charge < -0.3 is 19.3 Å². The van der Waals surface area contributed by atoms with Gasteiger partial charge in [-0.05, 0) is 75.3 Å². The number of phenolic OH excluding ortho intramolecular Hbond substituents is 1. The van der Waals surface area contributed by atoms with Gasteiger partial charge in [-0.25, -0.2) is 4.79 Å². The van der Waals surface area contributed by atoms with Crippen LogP contribution in [0.3, 0.4) is 0 Å². The summed E-state index contributed by atoms with van der Waals surface area (Å²) in [6.07, 6.45) is 13.9. The van der Waals surface area contributed by atoms with Crippen molar-refractivity contribution in [3.05, 3.63) is 23.3 Å². The number of aromatic hydroxyl groups is 1. The van der Waals surface area contributed by atoms with Crippen molar-refractivity contribution < 1.29 is 24.1 Å². The molecule has 0 bridgehead atoms. The highest BCUT2D eigenvalue weighted by Crippen LogP contribution is 2.45. The van der Waals surface area contributed by atoms with Crippen LogP contribution in [0.25, 0.3) is 0 Å². The van der Waals surface area contributed by atoms with Gasteiger partial charge in [-0.2, -0.15) is 0 Å². The molecule has 166 valence electrons. The summed E-state index contributed by atoms with van der Waals surface area (Å²) in [5, 5.41) is 9.89. The minimum Gasteiger partial charge on any atom is -0.508 e. The number of carbonyl (C=O) groups is 1. The molecule has 0 amide bonds. The third kappa shape index (κ3) is 4.77. The average molecular weight is 417 g/mol. The molecule has 1 spiro atoms. The van der Waals surface area contributed by atoms with E-state index in [2.05, 4.69) is 6.92 Å². The number of methoxy groups -OCH3 is 1. The van der Waals surface area contributed by atoms with Crippen LogP contribution in [-0.4, -0.2) is 36.0 Å². The van der Waals surface area contributed by atoms with Crippen LogP contribution in [-0.2, 0) is 15.9 Å². The Hall–Kier alpha value is -1.75. The van der Waals surface area contributed by atoms with Crippen LogP contribution in [0, 0.1) is 5.92 Å². The van der Waals surface area contributed by atoms with Crippen LogP contribution in [0.1, 0.15) is 93.5 Å². The number of ether oxygens (including phenoxy) is 3. The zero-order valence-corrected chi connectivity index (χ0v) is 18.5. The molecule has 0 aromatic heterocycles. The van der Waals surface area contributed by atoms with E-state index < -0.39 is 0 Å². The molecular formula is C25H36O5. The molecule has 2 aliphatic heterocycles. The van der Waals surface area contributed by atoms with E-state index in [4.69, 9.17) is 14.2 Å². The number of phenols is 1. The first-order valence-electron chi connectivity index (χ1n) is 11.8. The Morgan fingerprint density at radius 3 is 2.67 bits per heavy atom. The van der Waals surface area contributed by atoms with Crippen molar-refractivity contribution in [1.29, 1.82) is 0 Å². The lowest BCUT2D eigenvalue weighted by Crippen LogP contribution is -2.38. The third-order valence-corrected chi connectivity index (χ3v) is 7.25. The maximum absolute atomic E-state index is 12.4. The fourth-order valence-electron chi connectivity index (χ4n) is 5.80. The molecule has 1 saturated heterocycles. The Balaban J connectivity index is 1.20. The molecular weight excluding hydrogens is 380 g/mol. The minimum absolute atomic E-state index is 0.120. The molecule has 2 heterocycles.